The molecule has 0 unspecified atom stereocenters. The molecule has 2 rings (SSSR count). The molecule has 0 amide bonds. The lowest BCUT2D eigenvalue weighted by Crippen LogP contribution is -2.36. The summed E-state index contributed by atoms with van der Waals surface area (Å²) >= 11 is 0. The highest BCUT2D eigenvalue weighted by molar-refractivity contribution is 14.0. The van der Waals surface area contributed by atoms with Crippen LogP contribution in [0.3, 0.4) is 0 Å². The maximum Gasteiger partial charge on any atom is 0.191 e. The normalized spacial score (nSPS) is 13.7. The first-order chi connectivity index (χ1) is 9.83. The van der Waals surface area contributed by atoms with Crippen molar-refractivity contribution in [2.24, 2.45) is 4.99 Å². The Kier molecular flexibility index (Phi) is 7.96. The van der Waals surface area contributed by atoms with Crippen molar-refractivity contribution in [3.05, 3.63) is 36.4 Å². The van der Waals surface area contributed by atoms with E-state index in [0.29, 0.717) is 26.3 Å². The Morgan fingerprint density at radius 1 is 1.29 bits per heavy atom. The van der Waals surface area contributed by atoms with Gasteiger partial charge in [0.15, 0.2) is 17.5 Å². The molecule has 0 saturated carbocycles. The summed E-state index contributed by atoms with van der Waals surface area (Å²) in [4.78, 5) is 4.13. The van der Waals surface area contributed by atoms with Gasteiger partial charge in [-0.3, -0.25) is 4.99 Å². The average molecular weight is 403 g/mol. The van der Waals surface area contributed by atoms with Crippen LogP contribution in [-0.2, 0) is 6.54 Å². The second-order valence-corrected chi connectivity index (χ2v) is 4.43. The van der Waals surface area contributed by atoms with Crippen LogP contribution >= 0.6 is 24.0 Å². The van der Waals surface area contributed by atoms with Gasteiger partial charge in [0.05, 0.1) is 13.2 Å². The van der Waals surface area contributed by atoms with Crippen molar-refractivity contribution in [3.63, 3.8) is 0 Å². The third-order valence-corrected chi connectivity index (χ3v) is 2.91. The minimum atomic E-state index is 0. The van der Waals surface area contributed by atoms with Crippen molar-refractivity contribution >= 4 is 29.9 Å². The minimum absolute atomic E-state index is 0. The predicted octanol–water partition coefficient (Wildman–Crippen LogP) is 2.32. The molecule has 0 aromatic heterocycles. The number of nitrogens with zero attached hydrogens (tertiary/aromatic N) is 1. The van der Waals surface area contributed by atoms with Crippen molar-refractivity contribution < 1.29 is 9.47 Å². The van der Waals surface area contributed by atoms with Crippen LogP contribution in [0.25, 0.3) is 0 Å². The fourth-order valence-corrected chi connectivity index (χ4v) is 1.89. The molecule has 1 heterocycles. The van der Waals surface area contributed by atoms with Crippen LogP contribution in [-0.4, -0.2) is 32.8 Å². The highest BCUT2D eigenvalue weighted by atomic mass is 127. The molecule has 2 N–H and O–H groups in total. The molecule has 0 radical (unpaired) electrons. The Bertz CT molecular complexity index is 492. The maximum absolute atomic E-state index is 5.68. The Hall–Kier alpha value is -1.44. The molecule has 21 heavy (non-hydrogen) atoms. The van der Waals surface area contributed by atoms with Gasteiger partial charge < -0.3 is 20.1 Å². The molecule has 0 spiro atoms. The fraction of sp³-hybridized carbons (Fsp3) is 0.400. The van der Waals surface area contributed by atoms with E-state index >= 15 is 0 Å². The number of benzene rings is 1. The summed E-state index contributed by atoms with van der Waals surface area (Å²) in [6.07, 6.45) is 2.71. The highest BCUT2D eigenvalue weighted by Crippen LogP contribution is 2.30. The van der Waals surface area contributed by atoms with E-state index in [1.54, 1.807) is 13.1 Å². The van der Waals surface area contributed by atoms with Crippen molar-refractivity contribution in [2.45, 2.75) is 13.0 Å². The van der Waals surface area contributed by atoms with Gasteiger partial charge in [0, 0.05) is 26.6 Å². The summed E-state index contributed by atoms with van der Waals surface area (Å²) in [6.45, 7) is 6.43. The van der Waals surface area contributed by atoms with Gasteiger partial charge in [0.2, 0.25) is 0 Å². The zero-order chi connectivity index (χ0) is 14.2. The molecule has 0 bridgehead atoms. The van der Waals surface area contributed by atoms with Gasteiger partial charge in [0.1, 0.15) is 0 Å². The van der Waals surface area contributed by atoms with Crippen molar-refractivity contribution in [3.8, 4) is 11.5 Å². The second kappa shape index (κ2) is 9.49. The molecule has 0 atom stereocenters. The van der Waals surface area contributed by atoms with Gasteiger partial charge in [0.25, 0.3) is 0 Å². The zero-order valence-electron chi connectivity index (χ0n) is 12.2. The third kappa shape index (κ3) is 5.45. The molecule has 1 aromatic carbocycles. The quantitative estimate of drug-likeness (QED) is 0.351. The van der Waals surface area contributed by atoms with Crippen LogP contribution in [0, 0.1) is 0 Å². The maximum atomic E-state index is 5.68. The molecule has 1 aliphatic rings. The number of fused-ring (bicyclic) bond motifs is 1. The van der Waals surface area contributed by atoms with E-state index in [4.69, 9.17) is 9.47 Å². The van der Waals surface area contributed by atoms with Gasteiger partial charge in [-0.2, -0.15) is 0 Å². The van der Waals surface area contributed by atoms with Crippen LogP contribution in [0.2, 0.25) is 0 Å². The number of nitrogens with one attached hydrogen (secondary N) is 2. The molecular weight excluding hydrogens is 381 g/mol. The van der Waals surface area contributed by atoms with Crippen LogP contribution in [0.15, 0.2) is 35.8 Å². The number of guanidine groups is 1. The lowest BCUT2D eigenvalue weighted by Gasteiger charge is -2.12. The van der Waals surface area contributed by atoms with E-state index in [1.165, 1.54) is 0 Å². The summed E-state index contributed by atoms with van der Waals surface area (Å²) < 4.78 is 11.3. The molecule has 0 aliphatic carbocycles. The number of hydrogen-bond acceptors (Lipinski definition) is 3. The van der Waals surface area contributed by atoms with Crippen molar-refractivity contribution in [1.82, 2.24) is 10.6 Å². The smallest absolute Gasteiger partial charge is 0.191 e. The van der Waals surface area contributed by atoms with E-state index in [2.05, 4.69) is 22.2 Å². The van der Waals surface area contributed by atoms with Crippen LogP contribution in [0.1, 0.15) is 12.0 Å². The number of halogens is 1. The van der Waals surface area contributed by atoms with E-state index in [9.17, 15) is 0 Å². The van der Waals surface area contributed by atoms with Crippen molar-refractivity contribution in [1.29, 1.82) is 0 Å². The molecule has 5 nitrogen and oxygen atoms in total. The largest absolute Gasteiger partial charge is 0.490 e. The molecule has 1 aliphatic heterocycles. The average Bonchev–Trinajstić information content (AvgIpc) is 2.72. The number of hydrogen-bond donors (Lipinski definition) is 2. The van der Waals surface area contributed by atoms with Gasteiger partial charge in [-0.1, -0.05) is 12.1 Å². The Balaban J connectivity index is 0.00000220. The summed E-state index contributed by atoms with van der Waals surface area (Å²) in [5, 5.41) is 6.36. The summed E-state index contributed by atoms with van der Waals surface area (Å²) in [5.41, 5.74) is 1.12. The van der Waals surface area contributed by atoms with Gasteiger partial charge in [-0.15, -0.1) is 30.6 Å². The number of aliphatic imine (C=N–C) groups is 1. The number of rotatable bonds is 4. The van der Waals surface area contributed by atoms with E-state index in [0.717, 1.165) is 29.4 Å². The Morgan fingerprint density at radius 2 is 2.05 bits per heavy atom. The molecule has 6 heteroatoms. The molecule has 116 valence electrons. The third-order valence-electron chi connectivity index (χ3n) is 2.91. The second-order valence-electron chi connectivity index (χ2n) is 4.43. The van der Waals surface area contributed by atoms with Gasteiger partial charge in [-0.05, 0) is 17.7 Å². The molecule has 1 aromatic rings. The molecular formula is C15H22IN3O2. The van der Waals surface area contributed by atoms with Gasteiger partial charge >= 0.3 is 0 Å². The van der Waals surface area contributed by atoms with Crippen LogP contribution in [0.5, 0.6) is 11.5 Å². The monoisotopic (exact) mass is 403 g/mol. The van der Waals surface area contributed by atoms with Crippen LogP contribution in [0.4, 0.5) is 0 Å². The number of ether oxygens (including phenoxy) is 2. The fourth-order valence-electron chi connectivity index (χ4n) is 1.89. The zero-order valence-corrected chi connectivity index (χ0v) is 14.6. The SMILES string of the molecule is C=CCNC(=NC)NCc1ccc2c(c1)OCCCO2.I. The predicted molar refractivity (Wildman–Crippen MR) is 95.9 cm³/mol. The topological polar surface area (TPSA) is 54.9 Å². The standard InChI is InChI=1S/C15H21N3O2.HI/c1-3-7-17-15(16-2)18-11-12-5-6-13-14(10-12)20-9-4-8-19-13;/h3,5-6,10H,1,4,7-9,11H2,2H3,(H2,16,17,18);1H. The van der Waals surface area contributed by atoms with Gasteiger partial charge in [-0.25, -0.2) is 0 Å². The summed E-state index contributed by atoms with van der Waals surface area (Å²) in [5.74, 6) is 2.38. The first kappa shape index (κ1) is 17.6. The van der Waals surface area contributed by atoms with E-state index < -0.39 is 0 Å². The van der Waals surface area contributed by atoms with Crippen molar-refractivity contribution in [2.75, 3.05) is 26.8 Å². The van der Waals surface area contributed by atoms with E-state index in [1.807, 2.05) is 18.2 Å². The first-order valence-corrected chi connectivity index (χ1v) is 6.77. The lowest BCUT2D eigenvalue weighted by atomic mass is 10.2. The summed E-state index contributed by atoms with van der Waals surface area (Å²) in [7, 11) is 1.74. The van der Waals surface area contributed by atoms with Crippen LogP contribution < -0.4 is 20.1 Å². The lowest BCUT2D eigenvalue weighted by molar-refractivity contribution is 0.297. The Morgan fingerprint density at radius 3 is 2.76 bits per heavy atom. The minimum Gasteiger partial charge on any atom is -0.490 e. The first-order valence-electron chi connectivity index (χ1n) is 6.77. The summed E-state index contributed by atoms with van der Waals surface area (Å²) in [6, 6.07) is 5.99. The van der Waals surface area contributed by atoms with E-state index in [-0.39, 0.29) is 24.0 Å². The molecule has 0 fully saturated rings. The molecule has 0 saturated heterocycles. The Labute approximate surface area is 142 Å². The highest BCUT2D eigenvalue weighted by Gasteiger charge is 2.10.